The number of carbonyl (C=O) groups is 2. The summed E-state index contributed by atoms with van der Waals surface area (Å²) in [6.45, 7) is 1.17. The van der Waals surface area contributed by atoms with Crippen LogP contribution in [0.4, 0.5) is 0 Å². The molecule has 0 bridgehead atoms. The molecule has 2 aromatic carbocycles. The molecule has 0 fully saturated rings. The summed E-state index contributed by atoms with van der Waals surface area (Å²) in [7, 11) is 1.70. The number of carbonyl (C=O) groups excluding carboxylic acids is 2. The predicted octanol–water partition coefficient (Wildman–Crippen LogP) is 0.496. The second-order valence-electron chi connectivity index (χ2n) is 6.31. The third-order valence-corrected chi connectivity index (χ3v) is 4.22. The molecule has 9 nitrogen and oxygen atoms in total. The predicted molar refractivity (Wildman–Crippen MR) is 108 cm³/mol. The molecule has 2 aromatic rings. The SMILES string of the molecule is CN=C(NCc1ccc(C(=O)NCC(N)=O)cc1)NCc1ccc2c(c1)OCO2. The fourth-order valence-corrected chi connectivity index (χ4v) is 2.69. The molecule has 9 heteroatoms. The van der Waals surface area contributed by atoms with E-state index >= 15 is 0 Å². The molecule has 0 aromatic heterocycles. The number of hydrogen-bond donors (Lipinski definition) is 4. The van der Waals surface area contributed by atoms with Crippen LogP contribution in [-0.2, 0) is 17.9 Å². The van der Waals surface area contributed by atoms with Crippen LogP contribution in [0.2, 0.25) is 0 Å². The van der Waals surface area contributed by atoms with Crippen LogP contribution in [0.1, 0.15) is 21.5 Å². The lowest BCUT2D eigenvalue weighted by molar-refractivity contribution is -0.117. The van der Waals surface area contributed by atoms with E-state index in [1.807, 2.05) is 30.3 Å². The highest BCUT2D eigenvalue weighted by Gasteiger charge is 2.13. The summed E-state index contributed by atoms with van der Waals surface area (Å²) in [5.41, 5.74) is 7.50. The van der Waals surface area contributed by atoms with Gasteiger partial charge in [-0.25, -0.2) is 0 Å². The van der Waals surface area contributed by atoms with Gasteiger partial charge in [-0.15, -0.1) is 0 Å². The van der Waals surface area contributed by atoms with E-state index in [4.69, 9.17) is 15.2 Å². The summed E-state index contributed by atoms with van der Waals surface area (Å²) < 4.78 is 10.7. The molecular formula is C20H23N5O4. The summed E-state index contributed by atoms with van der Waals surface area (Å²) in [4.78, 5) is 26.8. The Bertz CT molecular complexity index is 912. The molecular weight excluding hydrogens is 374 g/mol. The Kier molecular flexibility index (Phi) is 6.51. The monoisotopic (exact) mass is 397 g/mol. The molecule has 1 aliphatic rings. The highest BCUT2D eigenvalue weighted by molar-refractivity contribution is 5.96. The molecule has 5 N–H and O–H groups in total. The molecule has 2 amide bonds. The van der Waals surface area contributed by atoms with Crippen LogP contribution in [0, 0.1) is 0 Å². The average molecular weight is 397 g/mol. The standard InChI is InChI=1S/C20H23N5O4/c1-22-20(25-10-14-4-7-16-17(8-14)29-12-28-16)24-9-13-2-5-15(6-3-13)19(27)23-11-18(21)26/h2-8H,9-12H2,1H3,(H2,21,26)(H,23,27)(H2,22,24,25). The van der Waals surface area contributed by atoms with E-state index in [0.717, 1.165) is 22.6 Å². The Hall–Kier alpha value is -3.75. The van der Waals surface area contributed by atoms with E-state index in [0.29, 0.717) is 24.6 Å². The first-order valence-corrected chi connectivity index (χ1v) is 9.03. The highest BCUT2D eigenvalue weighted by Crippen LogP contribution is 2.32. The van der Waals surface area contributed by atoms with E-state index in [9.17, 15) is 9.59 Å². The molecule has 0 radical (unpaired) electrons. The van der Waals surface area contributed by atoms with Crippen molar-refractivity contribution in [3.8, 4) is 11.5 Å². The number of aliphatic imine (C=N–C) groups is 1. The number of primary amides is 1. The van der Waals surface area contributed by atoms with E-state index in [-0.39, 0.29) is 19.2 Å². The molecule has 0 unspecified atom stereocenters. The summed E-state index contributed by atoms with van der Waals surface area (Å²) in [6.07, 6.45) is 0. The van der Waals surface area contributed by atoms with Crippen LogP contribution in [0.25, 0.3) is 0 Å². The number of guanidine groups is 1. The van der Waals surface area contributed by atoms with Crippen LogP contribution in [0.15, 0.2) is 47.5 Å². The fourth-order valence-electron chi connectivity index (χ4n) is 2.69. The van der Waals surface area contributed by atoms with Gasteiger partial charge < -0.3 is 31.2 Å². The Morgan fingerprint density at radius 3 is 2.31 bits per heavy atom. The molecule has 3 rings (SSSR count). The highest BCUT2D eigenvalue weighted by atomic mass is 16.7. The lowest BCUT2D eigenvalue weighted by Gasteiger charge is -2.12. The summed E-state index contributed by atoms with van der Waals surface area (Å²) in [5, 5.41) is 8.91. The topological polar surface area (TPSA) is 127 Å². The molecule has 1 aliphatic heterocycles. The second kappa shape index (κ2) is 9.45. The van der Waals surface area contributed by atoms with Crippen molar-refractivity contribution in [1.82, 2.24) is 16.0 Å². The first-order valence-electron chi connectivity index (χ1n) is 9.03. The van der Waals surface area contributed by atoms with Gasteiger partial charge in [0.15, 0.2) is 17.5 Å². The van der Waals surface area contributed by atoms with Gasteiger partial charge in [0.1, 0.15) is 0 Å². The average Bonchev–Trinajstić information content (AvgIpc) is 3.20. The number of amides is 2. The molecule has 0 saturated heterocycles. The van der Waals surface area contributed by atoms with Crippen molar-refractivity contribution in [1.29, 1.82) is 0 Å². The Labute approximate surface area is 168 Å². The molecule has 0 spiro atoms. The van der Waals surface area contributed by atoms with Crippen molar-refractivity contribution >= 4 is 17.8 Å². The second-order valence-corrected chi connectivity index (χ2v) is 6.31. The van der Waals surface area contributed by atoms with E-state index in [2.05, 4.69) is 20.9 Å². The number of nitrogens with two attached hydrogens (primary N) is 1. The van der Waals surface area contributed by atoms with Gasteiger partial charge in [-0.05, 0) is 35.4 Å². The molecule has 0 saturated carbocycles. The van der Waals surface area contributed by atoms with Crippen molar-refractivity contribution in [2.24, 2.45) is 10.7 Å². The van der Waals surface area contributed by atoms with Gasteiger partial charge in [-0.3, -0.25) is 14.6 Å². The summed E-state index contributed by atoms with van der Waals surface area (Å²) >= 11 is 0. The maximum atomic E-state index is 11.9. The Balaban J connectivity index is 1.47. The maximum absolute atomic E-state index is 11.9. The van der Waals surface area contributed by atoms with Crippen LogP contribution < -0.4 is 31.2 Å². The lowest BCUT2D eigenvalue weighted by atomic mass is 10.1. The van der Waals surface area contributed by atoms with Gasteiger partial charge in [0.05, 0.1) is 6.54 Å². The van der Waals surface area contributed by atoms with Crippen molar-refractivity contribution in [2.75, 3.05) is 20.4 Å². The first kappa shape index (κ1) is 20.0. The van der Waals surface area contributed by atoms with Crippen molar-refractivity contribution < 1.29 is 19.1 Å². The zero-order valence-corrected chi connectivity index (χ0v) is 16.0. The number of fused-ring (bicyclic) bond motifs is 1. The van der Waals surface area contributed by atoms with Crippen molar-refractivity contribution in [2.45, 2.75) is 13.1 Å². The molecule has 29 heavy (non-hydrogen) atoms. The van der Waals surface area contributed by atoms with Gasteiger partial charge in [0.25, 0.3) is 5.91 Å². The van der Waals surface area contributed by atoms with E-state index in [1.54, 1.807) is 19.2 Å². The summed E-state index contributed by atoms with van der Waals surface area (Å²) in [6, 6.07) is 12.8. The number of benzene rings is 2. The van der Waals surface area contributed by atoms with Crippen LogP contribution in [0.3, 0.4) is 0 Å². The zero-order chi connectivity index (χ0) is 20.6. The third kappa shape index (κ3) is 5.61. The molecule has 0 atom stereocenters. The minimum atomic E-state index is -0.584. The fraction of sp³-hybridized carbons (Fsp3) is 0.250. The number of hydrogen-bond acceptors (Lipinski definition) is 5. The van der Waals surface area contributed by atoms with Gasteiger partial charge in [-0.2, -0.15) is 0 Å². The Morgan fingerprint density at radius 1 is 0.966 bits per heavy atom. The number of rotatable bonds is 7. The Morgan fingerprint density at radius 2 is 1.62 bits per heavy atom. The lowest BCUT2D eigenvalue weighted by Crippen LogP contribution is -2.36. The zero-order valence-electron chi connectivity index (χ0n) is 16.0. The normalized spacial score (nSPS) is 12.4. The van der Waals surface area contributed by atoms with E-state index in [1.165, 1.54) is 0 Å². The maximum Gasteiger partial charge on any atom is 0.251 e. The smallest absolute Gasteiger partial charge is 0.251 e. The van der Waals surface area contributed by atoms with Gasteiger partial charge >= 0.3 is 0 Å². The quantitative estimate of drug-likeness (QED) is 0.398. The summed E-state index contributed by atoms with van der Waals surface area (Å²) in [5.74, 6) is 1.21. The molecule has 1 heterocycles. The van der Waals surface area contributed by atoms with Gasteiger partial charge in [0.2, 0.25) is 12.7 Å². The van der Waals surface area contributed by atoms with Crippen molar-refractivity contribution in [3.05, 3.63) is 59.2 Å². The van der Waals surface area contributed by atoms with Crippen LogP contribution >= 0.6 is 0 Å². The molecule has 0 aliphatic carbocycles. The number of nitrogens with zero attached hydrogens (tertiary/aromatic N) is 1. The van der Waals surface area contributed by atoms with Crippen LogP contribution in [-0.4, -0.2) is 38.2 Å². The number of ether oxygens (including phenoxy) is 2. The first-order chi connectivity index (χ1) is 14.0. The van der Waals surface area contributed by atoms with Crippen molar-refractivity contribution in [3.63, 3.8) is 0 Å². The third-order valence-electron chi connectivity index (χ3n) is 4.22. The van der Waals surface area contributed by atoms with Crippen LogP contribution in [0.5, 0.6) is 11.5 Å². The minimum absolute atomic E-state index is 0.187. The minimum Gasteiger partial charge on any atom is -0.454 e. The largest absolute Gasteiger partial charge is 0.454 e. The van der Waals surface area contributed by atoms with E-state index < -0.39 is 5.91 Å². The number of nitrogens with one attached hydrogen (secondary N) is 3. The van der Waals surface area contributed by atoms with Gasteiger partial charge in [0, 0.05) is 25.7 Å². The van der Waals surface area contributed by atoms with Gasteiger partial charge in [-0.1, -0.05) is 18.2 Å². The molecule has 152 valence electrons.